The van der Waals surface area contributed by atoms with Crippen molar-refractivity contribution in [2.24, 2.45) is 0 Å². The lowest BCUT2D eigenvalue weighted by molar-refractivity contribution is 1.18. The molecular formula is C44H27NS. The fourth-order valence-corrected chi connectivity index (χ4v) is 8.57. The molecule has 0 saturated carbocycles. The van der Waals surface area contributed by atoms with Crippen molar-refractivity contribution in [3.63, 3.8) is 0 Å². The van der Waals surface area contributed by atoms with Crippen LogP contribution in [0.3, 0.4) is 0 Å². The van der Waals surface area contributed by atoms with E-state index < -0.39 is 0 Å². The Morgan fingerprint density at radius 1 is 0.370 bits per heavy atom. The van der Waals surface area contributed by atoms with Crippen molar-refractivity contribution in [3.8, 4) is 39.1 Å². The van der Waals surface area contributed by atoms with Crippen LogP contribution < -0.4 is 0 Å². The summed E-state index contributed by atoms with van der Waals surface area (Å²) in [4.78, 5) is 2.65. The molecular weight excluding hydrogens is 575 g/mol. The standard InChI is InChI=1S/C44H27NS/c1-2-11-31-27-41-37(25-30(31)10-1)35-17-4-6-20-40(35)45(41)39-19-5-3-16-34(39)33-15-7-14-29(24-33)32-22-23-42-38(26-32)36-18-8-12-28-13-9-21-43(46-42)44(28)36/h1-27H. The van der Waals surface area contributed by atoms with E-state index in [9.17, 15) is 0 Å². The number of para-hydroxylation sites is 2. The van der Waals surface area contributed by atoms with Gasteiger partial charge >= 0.3 is 0 Å². The zero-order valence-corrected chi connectivity index (χ0v) is 25.8. The molecule has 10 rings (SSSR count). The topological polar surface area (TPSA) is 4.93 Å². The van der Waals surface area contributed by atoms with Crippen molar-refractivity contribution in [1.82, 2.24) is 4.57 Å². The first-order valence-electron chi connectivity index (χ1n) is 15.8. The number of nitrogens with zero attached hydrogens (tertiary/aromatic N) is 1. The van der Waals surface area contributed by atoms with Gasteiger partial charge in [0.25, 0.3) is 0 Å². The molecule has 46 heavy (non-hydrogen) atoms. The summed E-state index contributed by atoms with van der Waals surface area (Å²) in [5.74, 6) is 0. The summed E-state index contributed by atoms with van der Waals surface area (Å²) in [6, 6.07) is 60.3. The monoisotopic (exact) mass is 601 g/mol. The van der Waals surface area contributed by atoms with Crippen molar-refractivity contribution >= 4 is 55.1 Å². The van der Waals surface area contributed by atoms with E-state index in [0.717, 1.165) is 0 Å². The third-order valence-corrected chi connectivity index (χ3v) is 10.7. The third kappa shape index (κ3) is 3.84. The van der Waals surface area contributed by atoms with E-state index >= 15 is 0 Å². The molecule has 9 aromatic rings. The molecule has 0 fully saturated rings. The Hall–Kier alpha value is -5.57. The van der Waals surface area contributed by atoms with Gasteiger partial charge < -0.3 is 4.57 Å². The van der Waals surface area contributed by atoms with Crippen LogP contribution in [0.2, 0.25) is 0 Å². The lowest BCUT2D eigenvalue weighted by atomic mass is 9.93. The number of hydrogen-bond acceptors (Lipinski definition) is 1. The van der Waals surface area contributed by atoms with Gasteiger partial charge in [0.05, 0.1) is 16.7 Å². The maximum atomic E-state index is 2.45. The van der Waals surface area contributed by atoms with Gasteiger partial charge in [0, 0.05) is 31.5 Å². The summed E-state index contributed by atoms with van der Waals surface area (Å²) in [6.07, 6.45) is 0. The van der Waals surface area contributed by atoms with E-state index in [1.165, 1.54) is 92.2 Å². The molecule has 1 aromatic heterocycles. The molecule has 0 bridgehead atoms. The average molecular weight is 602 g/mol. The van der Waals surface area contributed by atoms with Crippen molar-refractivity contribution in [3.05, 3.63) is 164 Å². The van der Waals surface area contributed by atoms with Crippen LogP contribution in [0.25, 0.3) is 82.4 Å². The lowest BCUT2D eigenvalue weighted by Gasteiger charge is -2.21. The van der Waals surface area contributed by atoms with Gasteiger partial charge in [0.1, 0.15) is 0 Å². The lowest BCUT2D eigenvalue weighted by Crippen LogP contribution is -1.97. The number of hydrogen-bond donors (Lipinski definition) is 0. The van der Waals surface area contributed by atoms with E-state index in [-0.39, 0.29) is 0 Å². The largest absolute Gasteiger partial charge is 0.309 e. The second kappa shape index (κ2) is 9.97. The maximum absolute atomic E-state index is 2.45. The zero-order chi connectivity index (χ0) is 30.2. The first kappa shape index (κ1) is 25.7. The maximum Gasteiger partial charge on any atom is 0.0547 e. The highest BCUT2D eigenvalue weighted by Gasteiger charge is 2.20. The predicted molar refractivity (Wildman–Crippen MR) is 196 cm³/mol. The predicted octanol–water partition coefficient (Wildman–Crippen LogP) is 12.6. The van der Waals surface area contributed by atoms with Gasteiger partial charge in [-0.05, 0) is 92.5 Å². The van der Waals surface area contributed by atoms with Crippen molar-refractivity contribution in [2.75, 3.05) is 0 Å². The number of fused-ring (bicyclic) bond motifs is 6. The summed E-state index contributed by atoms with van der Waals surface area (Å²) < 4.78 is 2.45. The quantitative estimate of drug-likeness (QED) is 0.195. The summed E-state index contributed by atoms with van der Waals surface area (Å²) in [6.45, 7) is 0. The van der Waals surface area contributed by atoms with Crippen LogP contribution in [0.1, 0.15) is 0 Å². The smallest absolute Gasteiger partial charge is 0.0547 e. The molecule has 8 aromatic carbocycles. The Morgan fingerprint density at radius 3 is 2.00 bits per heavy atom. The second-order valence-electron chi connectivity index (χ2n) is 12.1. The summed E-state index contributed by atoms with van der Waals surface area (Å²) in [5.41, 5.74) is 11.2. The van der Waals surface area contributed by atoms with Crippen molar-refractivity contribution in [2.45, 2.75) is 9.79 Å². The molecule has 1 aliphatic heterocycles. The molecule has 214 valence electrons. The Morgan fingerprint density at radius 2 is 1.07 bits per heavy atom. The van der Waals surface area contributed by atoms with Gasteiger partial charge in [-0.15, -0.1) is 0 Å². The molecule has 0 atom stereocenters. The van der Waals surface area contributed by atoms with Gasteiger partial charge in [-0.2, -0.15) is 0 Å². The van der Waals surface area contributed by atoms with E-state index in [0.29, 0.717) is 0 Å². The highest BCUT2D eigenvalue weighted by Crippen LogP contribution is 2.49. The van der Waals surface area contributed by atoms with Crippen molar-refractivity contribution < 1.29 is 0 Å². The molecule has 1 nitrogen and oxygen atoms in total. The van der Waals surface area contributed by atoms with E-state index in [1.54, 1.807) is 0 Å². The molecule has 0 amide bonds. The highest BCUT2D eigenvalue weighted by molar-refractivity contribution is 7.99. The summed E-state index contributed by atoms with van der Waals surface area (Å²) in [7, 11) is 0. The Bertz CT molecular complexity index is 2670. The van der Waals surface area contributed by atoms with Crippen molar-refractivity contribution in [1.29, 1.82) is 0 Å². The molecule has 2 heteroatoms. The van der Waals surface area contributed by atoms with Crippen LogP contribution in [-0.4, -0.2) is 4.57 Å². The minimum atomic E-state index is 1.19. The molecule has 0 aliphatic carbocycles. The van der Waals surface area contributed by atoms with E-state index in [1.807, 2.05) is 11.8 Å². The fourth-order valence-electron chi connectivity index (χ4n) is 7.44. The number of aromatic nitrogens is 1. The molecule has 0 saturated heterocycles. The minimum absolute atomic E-state index is 1.19. The number of rotatable bonds is 3. The van der Waals surface area contributed by atoms with Crippen LogP contribution in [0.15, 0.2) is 174 Å². The molecule has 1 aliphatic rings. The molecule has 0 N–H and O–H groups in total. The van der Waals surface area contributed by atoms with E-state index in [2.05, 4.69) is 168 Å². The van der Waals surface area contributed by atoms with Gasteiger partial charge in [0.15, 0.2) is 0 Å². The summed E-state index contributed by atoms with van der Waals surface area (Å²) in [5, 5.41) is 7.73. The molecule has 0 unspecified atom stereocenters. The molecule has 0 radical (unpaired) electrons. The van der Waals surface area contributed by atoms with Gasteiger partial charge in [-0.1, -0.05) is 127 Å². The summed E-state index contributed by atoms with van der Waals surface area (Å²) >= 11 is 1.88. The van der Waals surface area contributed by atoms with E-state index in [4.69, 9.17) is 0 Å². The highest BCUT2D eigenvalue weighted by atomic mass is 32.2. The first-order valence-corrected chi connectivity index (χ1v) is 16.6. The van der Waals surface area contributed by atoms with Crippen LogP contribution >= 0.6 is 11.8 Å². The normalized spacial score (nSPS) is 12.3. The minimum Gasteiger partial charge on any atom is -0.309 e. The third-order valence-electron chi connectivity index (χ3n) is 9.55. The van der Waals surface area contributed by atoms with Gasteiger partial charge in [-0.25, -0.2) is 0 Å². The Kier molecular flexibility index (Phi) is 5.58. The molecule has 2 heterocycles. The fraction of sp³-hybridized carbons (Fsp3) is 0. The van der Waals surface area contributed by atoms with Crippen LogP contribution in [-0.2, 0) is 0 Å². The van der Waals surface area contributed by atoms with Crippen LogP contribution in [0, 0.1) is 0 Å². The number of benzene rings is 8. The van der Waals surface area contributed by atoms with Crippen LogP contribution in [0.4, 0.5) is 0 Å². The Labute approximate surface area is 271 Å². The van der Waals surface area contributed by atoms with Gasteiger partial charge in [0.2, 0.25) is 0 Å². The molecule has 0 spiro atoms. The zero-order valence-electron chi connectivity index (χ0n) is 24.9. The average Bonchev–Trinajstić information content (AvgIpc) is 3.44. The Balaban J connectivity index is 1.15. The van der Waals surface area contributed by atoms with Gasteiger partial charge in [-0.3, -0.25) is 0 Å². The SMILES string of the molecule is c1cc(-c2ccc3c(c2)-c2cccc4cccc(c24)S3)cc(-c2ccccc2-n2c3ccccc3c3cc4ccccc4cc32)c1. The van der Waals surface area contributed by atoms with Crippen LogP contribution in [0.5, 0.6) is 0 Å². The first-order chi connectivity index (χ1) is 22.8. The second-order valence-corrected chi connectivity index (χ2v) is 13.2.